The smallest absolute Gasteiger partial charge is 0.0899 e. The molecule has 0 aliphatic rings. The Morgan fingerprint density at radius 2 is 2.08 bits per heavy atom. The number of methoxy groups -OCH3 is 1. The quantitative estimate of drug-likeness (QED) is 0.656. The van der Waals surface area contributed by atoms with E-state index in [1.54, 1.807) is 7.11 Å². The SMILES string of the molecule is COCCC(C)N(C)C(C)C(N)=S. The largest absolute Gasteiger partial charge is 0.392 e. The van der Waals surface area contributed by atoms with Crippen molar-refractivity contribution in [2.24, 2.45) is 5.73 Å². The fourth-order valence-corrected chi connectivity index (χ4v) is 1.24. The van der Waals surface area contributed by atoms with Crippen LogP contribution in [0.15, 0.2) is 0 Å². The second kappa shape index (κ2) is 6.29. The molecule has 0 fully saturated rings. The molecule has 0 aromatic carbocycles. The first-order valence-electron chi connectivity index (χ1n) is 4.50. The van der Waals surface area contributed by atoms with Crippen LogP contribution in [0.2, 0.25) is 0 Å². The summed E-state index contributed by atoms with van der Waals surface area (Å²) in [4.78, 5) is 2.72. The maximum atomic E-state index is 5.56. The van der Waals surface area contributed by atoms with Crippen molar-refractivity contribution in [2.75, 3.05) is 20.8 Å². The number of hydrogen-bond donors (Lipinski definition) is 1. The van der Waals surface area contributed by atoms with Crippen molar-refractivity contribution in [1.82, 2.24) is 4.90 Å². The molecule has 0 amide bonds. The molecule has 78 valence electrons. The summed E-state index contributed by atoms with van der Waals surface area (Å²) in [7, 11) is 3.74. The molecule has 0 heterocycles. The number of nitrogens with two attached hydrogens (primary N) is 1. The molecule has 13 heavy (non-hydrogen) atoms. The van der Waals surface area contributed by atoms with Crippen LogP contribution in [-0.4, -0.2) is 42.7 Å². The predicted molar refractivity (Wildman–Crippen MR) is 60.0 cm³/mol. The van der Waals surface area contributed by atoms with E-state index in [2.05, 4.69) is 11.8 Å². The second-order valence-corrected chi connectivity index (χ2v) is 3.85. The average Bonchev–Trinajstić information content (AvgIpc) is 2.11. The highest BCUT2D eigenvalue weighted by Gasteiger charge is 2.16. The summed E-state index contributed by atoms with van der Waals surface area (Å²) in [6.07, 6.45) is 1.000. The second-order valence-electron chi connectivity index (χ2n) is 3.37. The van der Waals surface area contributed by atoms with Crippen LogP contribution in [0.1, 0.15) is 20.3 Å². The summed E-state index contributed by atoms with van der Waals surface area (Å²) in [6, 6.07) is 0.596. The molecule has 0 spiro atoms. The van der Waals surface area contributed by atoms with Gasteiger partial charge in [-0.15, -0.1) is 0 Å². The van der Waals surface area contributed by atoms with Crippen molar-refractivity contribution in [1.29, 1.82) is 0 Å². The van der Waals surface area contributed by atoms with Gasteiger partial charge in [0.25, 0.3) is 0 Å². The Hall–Kier alpha value is -0.190. The maximum absolute atomic E-state index is 5.56. The molecule has 0 rings (SSSR count). The fourth-order valence-electron chi connectivity index (χ4n) is 1.07. The van der Waals surface area contributed by atoms with Crippen molar-refractivity contribution in [3.63, 3.8) is 0 Å². The van der Waals surface area contributed by atoms with Gasteiger partial charge in [0.05, 0.1) is 11.0 Å². The van der Waals surface area contributed by atoms with Gasteiger partial charge in [-0.1, -0.05) is 12.2 Å². The standard InChI is InChI=1S/C9H20N2OS/c1-7(5-6-12-4)11(3)8(2)9(10)13/h7-8H,5-6H2,1-4H3,(H2,10,13). The van der Waals surface area contributed by atoms with E-state index in [4.69, 9.17) is 22.7 Å². The zero-order valence-corrected chi connectivity index (χ0v) is 9.73. The Balaban J connectivity index is 3.93. The summed E-state index contributed by atoms with van der Waals surface area (Å²) in [5.41, 5.74) is 5.56. The molecule has 2 atom stereocenters. The van der Waals surface area contributed by atoms with Crippen LogP contribution in [0.4, 0.5) is 0 Å². The van der Waals surface area contributed by atoms with Gasteiger partial charge < -0.3 is 10.5 Å². The number of likely N-dealkylation sites (N-methyl/N-ethyl adjacent to an activating group) is 1. The van der Waals surface area contributed by atoms with Crippen LogP contribution in [0, 0.1) is 0 Å². The van der Waals surface area contributed by atoms with E-state index in [-0.39, 0.29) is 6.04 Å². The van der Waals surface area contributed by atoms with Crippen molar-refractivity contribution in [3.05, 3.63) is 0 Å². The summed E-state index contributed by atoms with van der Waals surface area (Å²) in [5, 5.41) is 0. The molecule has 2 unspecified atom stereocenters. The van der Waals surface area contributed by atoms with Crippen LogP contribution >= 0.6 is 12.2 Å². The average molecular weight is 204 g/mol. The highest BCUT2D eigenvalue weighted by molar-refractivity contribution is 7.80. The van der Waals surface area contributed by atoms with Crippen LogP contribution in [0.5, 0.6) is 0 Å². The highest BCUT2D eigenvalue weighted by Crippen LogP contribution is 2.06. The lowest BCUT2D eigenvalue weighted by molar-refractivity contribution is 0.147. The van der Waals surface area contributed by atoms with Crippen LogP contribution in [0.25, 0.3) is 0 Å². The first kappa shape index (κ1) is 12.8. The Morgan fingerprint density at radius 1 is 1.54 bits per heavy atom. The molecule has 0 saturated heterocycles. The highest BCUT2D eigenvalue weighted by atomic mass is 32.1. The third kappa shape index (κ3) is 4.55. The number of rotatable bonds is 6. The normalized spacial score (nSPS) is 15.8. The third-order valence-corrected chi connectivity index (χ3v) is 2.80. The van der Waals surface area contributed by atoms with Gasteiger partial charge in [-0.3, -0.25) is 4.90 Å². The minimum absolute atomic E-state index is 0.154. The Kier molecular flexibility index (Phi) is 6.20. The summed E-state index contributed by atoms with van der Waals surface area (Å²) >= 11 is 4.93. The lowest BCUT2D eigenvalue weighted by Crippen LogP contribution is -2.44. The van der Waals surface area contributed by atoms with E-state index in [1.807, 2.05) is 14.0 Å². The number of nitrogens with zero attached hydrogens (tertiary/aromatic N) is 1. The minimum atomic E-state index is 0.154. The van der Waals surface area contributed by atoms with Gasteiger partial charge in [-0.05, 0) is 27.3 Å². The van der Waals surface area contributed by atoms with E-state index < -0.39 is 0 Å². The molecule has 4 heteroatoms. The lowest BCUT2D eigenvalue weighted by atomic mass is 10.2. The molecule has 0 aromatic heterocycles. The van der Waals surface area contributed by atoms with Gasteiger partial charge >= 0.3 is 0 Å². The Labute approximate surface area is 86.2 Å². The fraction of sp³-hybridized carbons (Fsp3) is 0.889. The molecule has 0 radical (unpaired) electrons. The van der Waals surface area contributed by atoms with Gasteiger partial charge in [0, 0.05) is 19.8 Å². The molecule has 0 saturated carbocycles. The number of ether oxygens (including phenoxy) is 1. The van der Waals surface area contributed by atoms with Crippen LogP contribution < -0.4 is 5.73 Å². The van der Waals surface area contributed by atoms with Crippen molar-refractivity contribution in [2.45, 2.75) is 32.4 Å². The first-order chi connectivity index (χ1) is 6.00. The van der Waals surface area contributed by atoms with Gasteiger partial charge in [0.1, 0.15) is 0 Å². The molecule has 3 nitrogen and oxygen atoms in total. The maximum Gasteiger partial charge on any atom is 0.0899 e. The number of thiocarbonyl (C=S) groups is 1. The van der Waals surface area contributed by atoms with E-state index in [0.29, 0.717) is 11.0 Å². The molecule has 0 bridgehead atoms. The van der Waals surface area contributed by atoms with E-state index >= 15 is 0 Å². The first-order valence-corrected chi connectivity index (χ1v) is 4.91. The monoisotopic (exact) mass is 204 g/mol. The zero-order valence-electron chi connectivity index (χ0n) is 8.91. The lowest BCUT2D eigenvalue weighted by Gasteiger charge is -2.29. The molecule has 0 aliphatic carbocycles. The van der Waals surface area contributed by atoms with Gasteiger partial charge in [0.15, 0.2) is 0 Å². The Morgan fingerprint density at radius 3 is 2.46 bits per heavy atom. The van der Waals surface area contributed by atoms with Crippen molar-refractivity contribution >= 4 is 17.2 Å². The van der Waals surface area contributed by atoms with Gasteiger partial charge in [-0.2, -0.15) is 0 Å². The summed E-state index contributed by atoms with van der Waals surface area (Å²) in [6.45, 7) is 4.94. The van der Waals surface area contributed by atoms with Crippen molar-refractivity contribution in [3.8, 4) is 0 Å². The van der Waals surface area contributed by atoms with Gasteiger partial charge in [-0.25, -0.2) is 0 Å². The van der Waals surface area contributed by atoms with Gasteiger partial charge in [0.2, 0.25) is 0 Å². The van der Waals surface area contributed by atoms with Crippen LogP contribution in [-0.2, 0) is 4.74 Å². The van der Waals surface area contributed by atoms with E-state index in [1.165, 1.54) is 0 Å². The zero-order chi connectivity index (χ0) is 10.4. The molecular formula is C9H20N2OS. The topological polar surface area (TPSA) is 38.5 Å². The van der Waals surface area contributed by atoms with Crippen molar-refractivity contribution < 1.29 is 4.74 Å². The minimum Gasteiger partial charge on any atom is -0.392 e. The Bertz CT molecular complexity index is 164. The summed E-state index contributed by atoms with van der Waals surface area (Å²) in [5.74, 6) is 0. The predicted octanol–water partition coefficient (Wildman–Crippen LogP) is 1.02. The van der Waals surface area contributed by atoms with E-state index in [0.717, 1.165) is 13.0 Å². The molecule has 2 N–H and O–H groups in total. The number of hydrogen-bond acceptors (Lipinski definition) is 3. The molecule has 0 aliphatic heterocycles. The van der Waals surface area contributed by atoms with Crippen LogP contribution in [0.3, 0.4) is 0 Å². The van der Waals surface area contributed by atoms with E-state index in [9.17, 15) is 0 Å². The third-order valence-electron chi connectivity index (χ3n) is 2.46. The molecule has 0 aromatic rings. The summed E-state index contributed by atoms with van der Waals surface area (Å²) < 4.78 is 5.01. The molecular weight excluding hydrogens is 184 g/mol.